The van der Waals surface area contributed by atoms with E-state index in [0.717, 1.165) is 5.69 Å². The van der Waals surface area contributed by atoms with Crippen LogP contribution in [0.4, 0.5) is 0 Å². The van der Waals surface area contributed by atoms with E-state index in [0.29, 0.717) is 6.54 Å². The molecule has 0 saturated heterocycles. The van der Waals surface area contributed by atoms with Crippen molar-refractivity contribution in [3.63, 3.8) is 0 Å². The zero-order valence-electron chi connectivity index (χ0n) is 9.91. The Bertz CT molecular complexity index is 420. The summed E-state index contributed by atoms with van der Waals surface area (Å²) >= 11 is 0. The van der Waals surface area contributed by atoms with Crippen molar-refractivity contribution in [1.82, 2.24) is 9.29 Å². The Labute approximate surface area is 102 Å². The van der Waals surface area contributed by atoms with Crippen molar-refractivity contribution < 1.29 is 13.5 Å². The van der Waals surface area contributed by atoms with Crippen LogP contribution in [0.3, 0.4) is 0 Å². The van der Waals surface area contributed by atoms with Gasteiger partial charge in [-0.05, 0) is 18.6 Å². The van der Waals surface area contributed by atoms with Crippen LogP contribution in [0.15, 0.2) is 24.4 Å². The normalized spacial score (nSPS) is 11.9. The first-order chi connectivity index (χ1) is 8.10. The number of hydrogen-bond donors (Lipinski definition) is 1. The lowest BCUT2D eigenvalue weighted by Gasteiger charge is -2.19. The topological polar surface area (TPSA) is 70.5 Å². The monoisotopic (exact) mass is 258 g/mol. The van der Waals surface area contributed by atoms with Crippen molar-refractivity contribution in [3.05, 3.63) is 30.1 Å². The van der Waals surface area contributed by atoms with E-state index < -0.39 is 10.0 Å². The Morgan fingerprint density at radius 3 is 2.71 bits per heavy atom. The van der Waals surface area contributed by atoms with E-state index in [-0.39, 0.29) is 25.3 Å². The minimum atomic E-state index is -3.30. The number of aromatic nitrogens is 1. The van der Waals surface area contributed by atoms with Crippen LogP contribution in [0.2, 0.25) is 0 Å². The second kappa shape index (κ2) is 6.68. The summed E-state index contributed by atoms with van der Waals surface area (Å²) < 4.78 is 25.2. The third-order valence-corrected chi connectivity index (χ3v) is 4.35. The Morgan fingerprint density at radius 2 is 2.18 bits per heavy atom. The predicted octanol–water partition coefficient (Wildman–Crippen LogP) is 0.616. The van der Waals surface area contributed by atoms with Crippen LogP contribution in [0, 0.1) is 0 Å². The first-order valence-corrected chi connectivity index (χ1v) is 7.19. The van der Waals surface area contributed by atoms with Crippen LogP contribution in [0.1, 0.15) is 19.0 Å². The molecule has 0 bridgehead atoms. The SMILES string of the molecule is CCN(Cc1ccccn1)S(=O)(=O)CCCO. The minimum absolute atomic E-state index is 0.0236. The standard InChI is InChI=1S/C11H18N2O3S/c1-2-13(17(15,16)9-5-8-14)10-11-6-3-4-7-12-11/h3-4,6-7,14H,2,5,8-10H2,1H3. The van der Waals surface area contributed by atoms with Gasteiger partial charge in [-0.25, -0.2) is 8.42 Å². The van der Waals surface area contributed by atoms with Gasteiger partial charge in [-0.3, -0.25) is 4.98 Å². The summed E-state index contributed by atoms with van der Waals surface area (Å²) in [6.07, 6.45) is 1.91. The van der Waals surface area contributed by atoms with Gasteiger partial charge in [0.15, 0.2) is 0 Å². The van der Waals surface area contributed by atoms with E-state index in [9.17, 15) is 8.42 Å². The van der Waals surface area contributed by atoms with E-state index in [1.54, 1.807) is 25.3 Å². The van der Waals surface area contributed by atoms with E-state index >= 15 is 0 Å². The van der Waals surface area contributed by atoms with Crippen molar-refractivity contribution in [2.24, 2.45) is 0 Å². The zero-order valence-corrected chi connectivity index (χ0v) is 10.7. The van der Waals surface area contributed by atoms with Crippen LogP contribution < -0.4 is 0 Å². The maximum Gasteiger partial charge on any atom is 0.214 e. The van der Waals surface area contributed by atoms with Gasteiger partial charge < -0.3 is 5.11 Å². The van der Waals surface area contributed by atoms with Crippen molar-refractivity contribution >= 4 is 10.0 Å². The highest BCUT2D eigenvalue weighted by atomic mass is 32.2. The molecule has 0 amide bonds. The van der Waals surface area contributed by atoms with E-state index in [2.05, 4.69) is 4.98 Å². The van der Waals surface area contributed by atoms with Gasteiger partial charge in [0.25, 0.3) is 0 Å². The molecule has 1 aromatic heterocycles. The van der Waals surface area contributed by atoms with Crippen LogP contribution in [0.5, 0.6) is 0 Å². The van der Waals surface area contributed by atoms with E-state index in [1.165, 1.54) is 4.31 Å². The second-order valence-electron chi connectivity index (χ2n) is 3.64. The molecule has 1 N–H and O–H groups in total. The van der Waals surface area contributed by atoms with Gasteiger partial charge in [-0.1, -0.05) is 13.0 Å². The summed E-state index contributed by atoms with van der Waals surface area (Å²) in [7, 11) is -3.30. The summed E-state index contributed by atoms with van der Waals surface area (Å²) in [4.78, 5) is 4.10. The Morgan fingerprint density at radius 1 is 1.41 bits per heavy atom. The largest absolute Gasteiger partial charge is 0.396 e. The lowest BCUT2D eigenvalue weighted by molar-refractivity contribution is 0.293. The smallest absolute Gasteiger partial charge is 0.214 e. The number of hydrogen-bond acceptors (Lipinski definition) is 4. The maximum absolute atomic E-state index is 11.9. The fraction of sp³-hybridized carbons (Fsp3) is 0.545. The summed E-state index contributed by atoms with van der Waals surface area (Å²) in [6, 6.07) is 5.42. The van der Waals surface area contributed by atoms with Gasteiger partial charge in [-0.2, -0.15) is 4.31 Å². The molecule has 5 nitrogen and oxygen atoms in total. The van der Waals surface area contributed by atoms with Gasteiger partial charge in [0.05, 0.1) is 18.0 Å². The molecule has 0 aliphatic carbocycles. The fourth-order valence-electron chi connectivity index (χ4n) is 1.46. The first-order valence-electron chi connectivity index (χ1n) is 5.58. The molecular weight excluding hydrogens is 240 g/mol. The summed E-state index contributed by atoms with van der Waals surface area (Å²) in [5.74, 6) is -0.0236. The van der Waals surface area contributed by atoms with Gasteiger partial charge in [-0.15, -0.1) is 0 Å². The molecular formula is C11H18N2O3S. The van der Waals surface area contributed by atoms with Crippen LogP contribution in [0.25, 0.3) is 0 Å². The van der Waals surface area contributed by atoms with Gasteiger partial charge in [0, 0.05) is 19.3 Å². The number of sulfonamides is 1. The molecule has 0 spiro atoms. The Balaban J connectivity index is 2.72. The molecule has 0 fully saturated rings. The summed E-state index contributed by atoms with van der Waals surface area (Å²) in [6.45, 7) is 2.37. The van der Waals surface area contributed by atoms with Crippen molar-refractivity contribution in [2.45, 2.75) is 19.9 Å². The number of aliphatic hydroxyl groups excluding tert-OH is 1. The zero-order chi connectivity index (χ0) is 12.7. The number of aliphatic hydroxyl groups is 1. The molecule has 1 heterocycles. The average Bonchev–Trinajstić information content (AvgIpc) is 2.34. The molecule has 96 valence electrons. The molecule has 6 heteroatoms. The molecule has 17 heavy (non-hydrogen) atoms. The second-order valence-corrected chi connectivity index (χ2v) is 5.73. The lowest BCUT2D eigenvalue weighted by atomic mass is 10.3. The Kier molecular flexibility index (Phi) is 5.54. The number of nitrogens with zero attached hydrogens (tertiary/aromatic N) is 2. The number of pyridine rings is 1. The maximum atomic E-state index is 11.9. The highest BCUT2D eigenvalue weighted by Crippen LogP contribution is 2.08. The Hall–Kier alpha value is -0.980. The summed E-state index contributed by atoms with van der Waals surface area (Å²) in [5.41, 5.74) is 0.724. The van der Waals surface area contributed by atoms with E-state index in [1.807, 2.05) is 6.07 Å². The molecule has 0 aliphatic rings. The van der Waals surface area contributed by atoms with Gasteiger partial charge in [0.2, 0.25) is 10.0 Å². The fourth-order valence-corrected chi connectivity index (χ4v) is 2.93. The molecule has 0 radical (unpaired) electrons. The molecule has 0 saturated carbocycles. The highest BCUT2D eigenvalue weighted by Gasteiger charge is 2.20. The van der Waals surface area contributed by atoms with Crippen molar-refractivity contribution in [2.75, 3.05) is 18.9 Å². The van der Waals surface area contributed by atoms with Crippen molar-refractivity contribution in [3.8, 4) is 0 Å². The van der Waals surface area contributed by atoms with E-state index in [4.69, 9.17) is 5.11 Å². The number of rotatable bonds is 7. The summed E-state index contributed by atoms with van der Waals surface area (Å²) in [5, 5.41) is 8.68. The molecule has 0 aliphatic heterocycles. The van der Waals surface area contributed by atoms with Gasteiger partial charge >= 0.3 is 0 Å². The molecule has 0 aromatic carbocycles. The van der Waals surface area contributed by atoms with Crippen molar-refractivity contribution in [1.29, 1.82) is 0 Å². The predicted molar refractivity (Wildman–Crippen MR) is 65.8 cm³/mol. The third kappa shape index (κ3) is 4.41. The first kappa shape index (κ1) is 14.1. The quantitative estimate of drug-likeness (QED) is 0.778. The molecule has 0 atom stereocenters. The lowest BCUT2D eigenvalue weighted by Crippen LogP contribution is -2.33. The third-order valence-electron chi connectivity index (χ3n) is 2.37. The van der Waals surface area contributed by atoms with Crippen LogP contribution >= 0.6 is 0 Å². The van der Waals surface area contributed by atoms with Crippen LogP contribution in [-0.2, 0) is 16.6 Å². The van der Waals surface area contributed by atoms with Gasteiger partial charge in [0.1, 0.15) is 0 Å². The van der Waals surface area contributed by atoms with Crippen LogP contribution in [-0.4, -0.2) is 41.7 Å². The molecule has 0 unspecified atom stereocenters. The molecule has 1 aromatic rings. The molecule has 1 rings (SSSR count). The highest BCUT2D eigenvalue weighted by molar-refractivity contribution is 7.89. The average molecular weight is 258 g/mol. The minimum Gasteiger partial charge on any atom is -0.396 e.